The molecule has 0 saturated heterocycles. The Morgan fingerprint density at radius 1 is 1.30 bits per heavy atom. The van der Waals surface area contributed by atoms with Gasteiger partial charge in [-0.05, 0) is 25.2 Å². The van der Waals surface area contributed by atoms with E-state index in [9.17, 15) is 8.42 Å². The molecule has 0 aromatic carbocycles. The molecule has 2 nitrogen and oxygen atoms in total. The first-order chi connectivity index (χ1) is 4.50. The van der Waals surface area contributed by atoms with Crippen LogP contribution in [0.4, 0.5) is 0 Å². The van der Waals surface area contributed by atoms with Crippen molar-refractivity contribution in [3.05, 3.63) is 0 Å². The molecule has 0 heterocycles. The predicted octanol–water partition coefficient (Wildman–Crippen LogP) is 1.22. The third-order valence-corrected chi connectivity index (χ3v) is 3.89. The Morgan fingerprint density at radius 3 is 2.10 bits per heavy atom. The van der Waals surface area contributed by atoms with Crippen molar-refractivity contribution in [3.8, 4) is 0 Å². The van der Waals surface area contributed by atoms with Crippen molar-refractivity contribution < 1.29 is 8.42 Å². The smallest absolute Gasteiger partial charge is 0.150 e. The zero-order valence-corrected chi connectivity index (χ0v) is 7.32. The molecule has 2 unspecified atom stereocenters. The number of hydrogen-bond donors (Lipinski definition) is 0. The molecule has 0 amide bonds. The maximum absolute atomic E-state index is 11.0. The monoisotopic (exact) mass is 162 g/mol. The summed E-state index contributed by atoms with van der Waals surface area (Å²) in [6.45, 7) is 2.12. The van der Waals surface area contributed by atoms with Crippen LogP contribution in [0, 0.1) is 5.92 Å². The number of hydrogen-bond acceptors (Lipinski definition) is 2. The van der Waals surface area contributed by atoms with Crippen molar-refractivity contribution in [3.63, 3.8) is 0 Å². The second-order valence-corrected chi connectivity index (χ2v) is 5.70. The summed E-state index contributed by atoms with van der Waals surface area (Å²) in [4.78, 5) is 0. The van der Waals surface area contributed by atoms with Gasteiger partial charge in [0.2, 0.25) is 0 Å². The van der Waals surface area contributed by atoms with Crippen LogP contribution in [0.1, 0.15) is 26.2 Å². The summed E-state index contributed by atoms with van der Waals surface area (Å²) >= 11 is 0. The Labute approximate surface area is 62.5 Å². The highest BCUT2D eigenvalue weighted by atomic mass is 32.2. The van der Waals surface area contributed by atoms with E-state index in [0.29, 0.717) is 5.92 Å². The van der Waals surface area contributed by atoms with E-state index in [1.54, 1.807) is 0 Å². The molecule has 0 bridgehead atoms. The second kappa shape index (κ2) is 2.53. The van der Waals surface area contributed by atoms with Gasteiger partial charge >= 0.3 is 0 Å². The summed E-state index contributed by atoms with van der Waals surface area (Å²) in [5.74, 6) is 0.611. The van der Waals surface area contributed by atoms with Gasteiger partial charge in [0.05, 0.1) is 5.25 Å². The molecule has 1 saturated carbocycles. The minimum atomic E-state index is -2.74. The van der Waals surface area contributed by atoms with E-state index < -0.39 is 9.84 Å². The maximum Gasteiger partial charge on any atom is 0.150 e. The highest BCUT2D eigenvalue weighted by Crippen LogP contribution is 2.29. The quantitative estimate of drug-likeness (QED) is 0.581. The van der Waals surface area contributed by atoms with Crippen LogP contribution in [-0.2, 0) is 9.84 Å². The first-order valence-electron chi connectivity index (χ1n) is 3.69. The lowest BCUT2D eigenvalue weighted by Crippen LogP contribution is -2.15. The normalized spacial score (nSPS) is 34.6. The molecule has 0 aliphatic heterocycles. The lowest BCUT2D eigenvalue weighted by Gasteiger charge is -2.04. The molecule has 3 heteroatoms. The standard InChI is InChI=1S/C7H14O2S/c1-6-3-4-7(5-6)10(2,8)9/h6-7H,3-5H2,1-2H3. The first-order valence-corrected chi connectivity index (χ1v) is 5.64. The van der Waals surface area contributed by atoms with Crippen molar-refractivity contribution >= 4 is 9.84 Å². The van der Waals surface area contributed by atoms with Crippen LogP contribution < -0.4 is 0 Å². The minimum absolute atomic E-state index is 0.0394. The Bertz CT molecular complexity index is 206. The van der Waals surface area contributed by atoms with Gasteiger partial charge in [-0.25, -0.2) is 8.42 Å². The van der Waals surface area contributed by atoms with Gasteiger partial charge in [-0.1, -0.05) is 6.92 Å². The van der Waals surface area contributed by atoms with Crippen LogP contribution in [0.2, 0.25) is 0 Å². The zero-order chi connectivity index (χ0) is 7.78. The predicted molar refractivity (Wildman–Crippen MR) is 41.6 cm³/mol. The fraction of sp³-hybridized carbons (Fsp3) is 1.00. The summed E-state index contributed by atoms with van der Waals surface area (Å²) in [5.41, 5.74) is 0. The van der Waals surface area contributed by atoms with Gasteiger partial charge in [0.15, 0.2) is 0 Å². The van der Waals surface area contributed by atoms with Crippen molar-refractivity contribution in [2.24, 2.45) is 5.92 Å². The largest absolute Gasteiger partial charge is 0.229 e. The lowest BCUT2D eigenvalue weighted by molar-refractivity contribution is 0.576. The Balaban J connectivity index is 2.62. The van der Waals surface area contributed by atoms with Crippen molar-refractivity contribution in [1.29, 1.82) is 0 Å². The minimum Gasteiger partial charge on any atom is -0.229 e. The molecule has 1 aliphatic carbocycles. The second-order valence-electron chi connectivity index (χ2n) is 3.37. The van der Waals surface area contributed by atoms with Crippen LogP contribution in [0.25, 0.3) is 0 Å². The van der Waals surface area contributed by atoms with Gasteiger partial charge in [-0.3, -0.25) is 0 Å². The van der Waals surface area contributed by atoms with Gasteiger partial charge in [0.25, 0.3) is 0 Å². The van der Waals surface area contributed by atoms with E-state index >= 15 is 0 Å². The summed E-state index contributed by atoms with van der Waals surface area (Å²) < 4.78 is 22.0. The first kappa shape index (κ1) is 8.05. The molecular weight excluding hydrogens is 148 g/mol. The third-order valence-electron chi connectivity index (χ3n) is 2.25. The molecule has 2 atom stereocenters. The van der Waals surface area contributed by atoms with Crippen LogP contribution >= 0.6 is 0 Å². The summed E-state index contributed by atoms with van der Waals surface area (Å²) in [6, 6.07) is 0. The molecule has 1 rings (SSSR count). The lowest BCUT2D eigenvalue weighted by atomic mass is 10.1. The highest BCUT2D eigenvalue weighted by Gasteiger charge is 2.28. The average Bonchev–Trinajstić information content (AvgIpc) is 2.11. The van der Waals surface area contributed by atoms with Gasteiger partial charge in [-0.15, -0.1) is 0 Å². The van der Waals surface area contributed by atoms with E-state index in [0.717, 1.165) is 19.3 Å². The molecule has 10 heavy (non-hydrogen) atoms. The molecule has 0 spiro atoms. The van der Waals surface area contributed by atoms with Gasteiger partial charge in [-0.2, -0.15) is 0 Å². The van der Waals surface area contributed by atoms with E-state index in [-0.39, 0.29) is 5.25 Å². The summed E-state index contributed by atoms with van der Waals surface area (Å²) in [5, 5.41) is -0.0394. The third kappa shape index (κ3) is 1.72. The Kier molecular flexibility index (Phi) is 2.04. The molecule has 60 valence electrons. The van der Waals surface area contributed by atoms with Crippen LogP contribution in [0.5, 0.6) is 0 Å². The fourth-order valence-corrected chi connectivity index (χ4v) is 2.79. The van der Waals surface area contributed by atoms with Crippen molar-refractivity contribution in [2.45, 2.75) is 31.4 Å². The topological polar surface area (TPSA) is 34.1 Å². The Morgan fingerprint density at radius 2 is 1.90 bits per heavy atom. The summed E-state index contributed by atoms with van der Waals surface area (Å²) in [6.07, 6.45) is 4.17. The van der Waals surface area contributed by atoms with E-state index in [1.807, 2.05) is 0 Å². The SMILES string of the molecule is CC1CCC(S(C)(=O)=O)C1. The van der Waals surface area contributed by atoms with Crippen LogP contribution in [0.15, 0.2) is 0 Å². The number of rotatable bonds is 1. The van der Waals surface area contributed by atoms with Crippen molar-refractivity contribution in [2.75, 3.05) is 6.26 Å². The summed E-state index contributed by atoms with van der Waals surface area (Å²) in [7, 11) is -2.74. The van der Waals surface area contributed by atoms with E-state index in [4.69, 9.17) is 0 Å². The highest BCUT2D eigenvalue weighted by molar-refractivity contribution is 7.91. The maximum atomic E-state index is 11.0. The molecule has 0 aromatic rings. The van der Waals surface area contributed by atoms with E-state index in [2.05, 4.69) is 6.92 Å². The fourth-order valence-electron chi connectivity index (χ4n) is 1.54. The van der Waals surface area contributed by atoms with Gasteiger partial charge < -0.3 is 0 Å². The average molecular weight is 162 g/mol. The van der Waals surface area contributed by atoms with Gasteiger partial charge in [0, 0.05) is 6.26 Å². The Hall–Kier alpha value is -0.0500. The zero-order valence-electron chi connectivity index (χ0n) is 6.50. The molecule has 0 radical (unpaired) electrons. The van der Waals surface area contributed by atoms with Crippen molar-refractivity contribution in [1.82, 2.24) is 0 Å². The molecule has 0 N–H and O–H groups in total. The molecule has 0 aromatic heterocycles. The van der Waals surface area contributed by atoms with Crippen LogP contribution in [0.3, 0.4) is 0 Å². The molecular formula is C7H14O2S. The molecule has 1 aliphatic rings. The van der Waals surface area contributed by atoms with Crippen LogP contribution in [-0.4, -0.2) is 19.9 Å². The molecule has 1 fully saturated rings. The van der Waals surface area contributed by atoms with E-state index in [1.165, 1.54) is 6.26 Å². The number of sulfone groups is 1. The van der Waals surface area contributed by atoms with Gasteiger partial charge in [0.1, 0.15) is 9.84 Å².